The van der Waals surface area contributed by atoms with Crippen molar-refractivity contribution >= 4 is 27.2 Å². The molecule has 1 N–H and O–H groups in total. The standard InChI is InChI=1S/C19H14N4O5S/c1-28-13-5-2-11(3-6-13)15-8-14-18(29-15)19(25)21-16(20-14)10-22-9-12(23(26)27)4-7-17(22)24/h2-9H,10H2,1H3,(H,20,21,25). The second-order valence-electron chi connectivity index (χ2n) is 6.18. The van der Waals surface area contributed by atoms with E-state index in [0.29, 0.717) is 10.2 Å². The van der Waals surface area contributed by atoms with Gasteiger partial charge in [-0.15, -0.1) is 11.3 Å². The summed E-state index contributed by atoms with van der Waals surface area (Å²) in [6.45, 7) is -0.0839. The lowest BCUT2D eigenvalue weighted by atomic mass is 10.2. The van der Waals surface area contributed by atoms with Crippen molar-refractivity contribution in [1.29, 1.82) is 0 Å². The largest absolute Gasteiger partial charge is 0.497 e. The molecule has 4 aromatic rings. The van der Waals surface area contributed by atoms with Gasteiger partial charge in [-0.1, -0.05) is 0 Å². The molecule has 1 aromatic carbocycles. The van der Waals surface area contributed by atoms with Crippen LogP contribution in [0.25, 0.3) is 20.7 Å². The maximum Gasteiger partial charge on any atom is 0.285 e. The van der Waals surface area contributed by atoms with Crippen molar-refractivity contribution < 1.29 is 9.66 Å². The molecule has 10 heteroatoms. The molecule has 0 aliphatic heterocycles. The summed E-state index contributed by atoms with van der Waals surface area (Å²) >= 11 is 1.31. The van der Waals surface area contributed by atoms with Gasteiger partial charge < -0.3 is 14.3 Å². The van der Waals surface area contributed by atoms with Gasteiger partial charge in [0.1, 0.15) is 16.3 Å². The Labute approximate surface area is 167 Å². The van der Waals surface area contributed by atoms with E-state index in [9.17, 15) is 19.7 Å². The van der Waals surface area contributed by atoms with Crippen LogP contribution in [0, 0.1) is 10.1 Å². The zero-order chi connectivity index (χ0) is 20.5. The summed E-state index contributed by atoms with van der Waals surface area (Å²) in [6.07, 6.45) is 1.13. The van der Waals surface area contributed by atoms with Crippen LogP contribution in [0.1, 0.15) is 5.82 Å². The lowest BCUT2D eigenvalue weighted by molar-refractivity contribution is -0.385. The first-order valence-corrected chi connectivity index (χ1v) is 9.28. The van der Waals surface area contributed by atoms with Crippen LogP contribution in [0.2, 0.25) is 0 Å². The van der Waals surface area contributed by atoms with Gasteiger partial charge in [-0.3, -0.25) is 19.7 Å². The lowest BCUT2D eigenvalue weighted by Crippen LogP contribution is -2.22. The molecule has 146 valence electrons. The molecule has 0 unspecified atom stereocenters. The zero-order valence-electron chi connectivity index (χ0n) is 15.1. The summed E-state index contributed by atoms with van der Waals surface area (Å²) in [5.41, 5.74) is 0.448. The van der Waals surface area contributed by atoms with Gasteiger partial charge in [-0.05, 0) is 35.9 Å². The summed E-state index contributed by atoms with van der Waals surface area (Å²) in [6, 6.07) is 11.5. The Morgan fingerprint density at radius 1 is 1.21 bits per heavy atom. The summed E-state index contributed by atoms with van der Waals surface area (Å²) < 4.78 is 6.76. The second-order valence-corrected chi connectivity index (χ2v) is 7.23. The quantitative estimate of drug-likeness (QED) is 0.399. The first-order valence-electron chi connectivity index (χ1n) is 8.46. The third-order valence-electron chi connectivity index (χ3n) is 4.31. The Kier molecular flexibility index (Phi) is 4.69. The number of nitrogens with one attached hydrogen (secondary N) is 1. The SMILES string of the molecule is COc1ccc(-c2cc3nc(Cn4cc([N+](=O)[O-])ccc4=O)[nH]c(=O)c3s2)cc1. The van der Waals surface area contributed by atoms with Crippen LogP contribution < -0.4 is 15.9 Å². The highest BCUT2D eigenvalue weighted by atomic mass is 32.1. The molecule has 0 radical (unpaired) electrons. The van der Waals surface area contributed by atoms with Crippen LogP contribution in [0.5, 0.6) is 5.75 Å². The minimum absolute atomic E-state index is 0.0839. The zero-order valence-corrected chi connectivity index (χ0v) is 15.9. The molecule has 0 bridgehead atoms. The molecule has 3 aromatic heterocycles. The molecule has 29 heavy (non-hydrogen) atoms. The highest BCUT2D eigenvalue weighted by molar-refractivity contribution is 7.22. The van der Waals surface area contributed by atoms with Crippen LogP contribution in [-0.4, -0.2) is 26.6 Å². The number of benzene rings is 1. The Morgan fingerprint density at radius 2 is 1.97 bits per heavy atom. The third kappa shape index (κ3) is 3.65. The molecular formula is C19H14N4O5S. The molecule has 0 fully saturated rings. The van der Waals surface area contributed by atoms with Crippen molar-refractivity contribution in [2.75, 3.05) is 7.11 Å². The van der Waals surface area contributed by atoms with Crippen molar-refractivity contribution in [3.63, 3.8) is 0 Å². The van der Waals surface area contributed by atoms with E-state index in [1.54, 1.807) is 13.2 Å². The first kappa shape index (κ1) is 18.6. The molecule has 3 heterocycles. The Bertz CT molecular complexity index is 1340. The number of rotatable bonds is 5. The predicted octanol–water partition coefficient (Wildman–Crippen LogP) is 2.78. The van der Waals surface area contributed by atoms with Crippen LogP contribution in [0.15, 0.2) is 58.3 Å². The molecule has 0 aliphatic rings. The topological polar surface area (TPSA) is 120 Å². The molecule has 0 aliphatic carbocycles. The lowest BCUT2D eigenvalue weighted by Gasteiger charge is -2.04. The van der Waals surface area contributed by atoms with E-state index in [1.807, 2.05) is 24.3 Å². The van der Waals surface area contributed by atoms with Crippen LogP contribution >= 0.6 is 11.3 Å². The van der Waals surface area contributed by atoms with Gasteiger partial charge in [0.05, 0.1) is 30.3 Å². The highest BCUT2D eigenvalue weighted by Gasteiger charge is 2.13. The fourth-order valence-electron chi connectivity index (χ4n) is 2.87. The molecule has 4 rings (SSSR count). The number of pyridine rings is 1. The van der Waals surface area contributed by atoms with E-state index < -0.39 is 10.5 Å². The van der Waals surface area contributed by atoms with Crippen LogP contribution in [0.3, 0.4) is 0 Å². The highest BCUT2D eigenvalue weighted by Crippen LogP contribution is 2.31. The number of nitrogens with zero attached hydrogens (tertiary/aromatic N) is 3. The van der Waals surface area contributed by atoms with Gasteiger partial charge in [-0.25, -0.2) is 4.98 Å². The summed E-state index contributed by atoms with van der Waals surface area (Å²) in [4.78, 5) is 42.8. The molecule has 9 nitrogen and oxygen atoms in total. The number of aromatic nitrogens is 3. The molecule has 0 atom stereocenters. The number of ether oxygens (including phenoxy) is 1. The average Bonchev–Trinajstić information content (AvgIpc) is 3.14. The molecule has 0 saturated heterocycles. The monoisotopic (exact) mass is 410 g/mol. The Morgan fingerprint density at radius 3 is 2.66 bits per heavy atom. The first-order chi connectivity index (χ1) is 13.9. The van der Waals surface area contributed by atoms with Gasteiger partial charge in [0.2, 0.25) is 0 Å². The number of aromatic amines is 1. The smallest absolute Gasteiger partial charge is 0.285 e. The second kappa shape index (κ2) is 7.32. The maximum absolute atomic E-state index is 12.5. The average molecular weight is 410 g/mol. The minimum Gasteiger partial charge on any atom is -0.497 e. The van der Waals surface area contributed by atoms with E-state index >= 15 is 0 Å². The number of H-pyrrole nitrogens is 1. The molecular weight excluding hydrogens is 396 g/mol. The van der Waals surface area contributed by atoms with Gasteiger partial charge >= 0.3 is 0 Å². The Hall–Kier alpha value is -3.79. The fraction of sp³-hybridized carbons (Fsp3) is 0.105. The summed E-state index contributed by atoms with van der Waals surface area (Å²) in [7, 11) is 1.59. The summed E-state index contributed by atoms with van der Waals surface area (Å²) in [5.74, 6) is 0.972. The van der Waals surface area contributed by atoms with Crippen molar-refractivity contribution in [1.82, 2.24) is 14.5 Å². The van der Waals surface area contributed by atoms with E-state index in [4.69, 9.17) is 4.74 Å². The normalized spacial score (nSPS) is 10.9. The maximum atomic E-state index is 12.5. The number of fused-ring (bicyclic) bond motifs is 1. The van der Waals surface area contributed by atoms with E-state index in [1.165, 1.54) is 11.3 Å². The molecule has 0 saturated carbocycles. The Balaban J connectivity index is 1.72. The van der Waals surface area contributed by atoms with Gasteiger partial charge in [-0.2, -0.15) is 0 Å². The third-order valence-corrected chi connectivity index (χ3v) is 5.48. The molecule has 0 amide bonds. The van der Waals surface area contributed by atoms with Gasteiger partial charge in [0, 0.05) is 17.0 Å². The minimum atomic E-state index is -0.588. The van der Waals surface area contributed by atoms with Crippen molar-refractivity contribution in [2.24, 2.45) is 0 Å². The van der Waals surface area contributed by atoms with Crippen molar-refractivity contribution in [2.45, 2.75) is 6.54 Å². The van der Waals surface area contributed by atoms with Gasteiger partial charge in [0.25, 0.3) is 16.8 Å². The number of methoxy groups -OCH3 is 1. The number of hydrogen-bond acceptors (Lipinski definition) is 7. The summed E-state index contributed by atoms with van der Waals surface area (Å²) in [5, 5.41) is 10.9. The fourth-order valence-corrected chi connectivity index (χ4v) is 3.87. The van der Waals surface area contributed by atoms with Gasteiger partial charge in [0.15, 0.2) is 0 Å². The van der Waals surface area contributed by atoms with E-state index in [2.05, 4.69) is 9.97 Å². The van der Waals surface area contributed by atoms with Crippen LogP contribution in [0.4, 0.5) is 5.69 Å². The predicted molar refractivity (Wildman–Crippen MR) is 109 cm³/mol. The van der Waals surface area contributed by atoms with E-state index in [-0.39, 0.29) is 23.6 Å². The van der Waals surface area contributed by atoms with E-state index in [0.717, 1.165) is 39.1 Å². The molecule has 0 spiro atoms. The number of thiophene rings is 1. The number of hydrogen-bond donors (Lipinski definition) is 1. The van der Waals surface area contributed by atoms with Crippen molar-refractivity contribution in [3.05, 3.63) is 85.3 Å². The van der Waals surface area contributed by atoms with Crippen molar-refractivity contribution in [3.8, 4) is 16.2 Å². The number of nitro groups is 1. The van der Waals surface area contributed by atoms with Crippen LogP contribution in [-0.2, 0) is 6.54 Å².